The normalized spacial score (nSPS) is 12.3. The van der Waals surface area contributed by atoms with Gasteiger partial charge in [-0.3, -0.25) is 0 Å². The molecule has 0 radical (unpaired) electrons. The molecule has 0 aliphatic heterocycles. The Hall–Kier alpha value is -2.13. The van der Waals surface area contributed by atoms with Gasteiger partial charge in [0.1, 0.15) is 0 Å². The van der Waals surface area contributed by atoms with Crippen LogP contribution >= 0.6 is 0 Å². The van der Waals surface area contributed by atoms with Crippen molar-refractivity contribution in [2.45, 2.75) is 16.7 Å². The SMILES string of the molecule is Cc1ccc(S(=O)c2cccc3cccc(N(C)C)c23)cc1. The van der Waals surface area contributed by atoms with Crippen LogP contribution in [0.25, 0.3) is 10.8 Å². The molecule has 1 atom stereocenters. The van der Waals surface area contributed by atoms with E-state index >= 15 is 0 Å². The first-order chi connectivity index (χ1) is 10.6. The Morgan fingerprint density at radius 3 is 2.14 bits per heavy atom. The minimum absolute atomic E-state index is 0.839. The Bertz CT molecular complexity index is 832. The van der Waals surface area contributed by atoms with Crippen LogP contribution in [0.3, 0.4) is 0 Å². The summed E-state index contributed by atoms with van der Waals surface area (Å²) in [6.45, 7) is 2.04. The minimum Gasteiger partial charge on any atom is -0.377 e. The van der Waals surface area contributed by atoms with Gasteiger partial charge >= 0.3 is 0 Å². The van der Waals surface area contributed by atoms with Gasteiger partial charge in [0, 0.05) is 30.1 Å². The summed E-state index contributed by atoms with van der Waals surface area (Å²) in [5, 5.41) is 2.18. The number of anilines is 1. The first-order valence-corrected chi connectivity index (χ1v) is 8.40. The van der Waals surface area contributed by atoms with E-state index in [2.05, 4.69) is 23.1 Å². The van der Waals surface area contributed by atoms with E-state index in [1.807, 2.05) is 63.5 Å². The van der Waals surface area contributed by atoms with Crippen molar-refractivity contribution in [2.75, 3.05) is 19.0 Å². The molecule has 0 aliphatic carbocycles. The van der Waals surface area contributed by atoms with E-state index in [9.17, 15) is 4.21 Å². The fraction of sp³-hybridized carbons (Fsp3) is 0.158. The Morgan fingerprint density at radius 2 is 1.50 bits per heavy atom. The molecule has 3 heteroatoms. The lowest BCUT2D eigenvalue weighted by Crippen LogP contribution is -2.10. The highest BCUT2D eigenvalue weighted by molar-refractivity contribution is 7.85. The standard InChI is InChI=1S/C19H19NOS/c1-14-10-12-16(13-11-14)22(21)18-9-5-7-15-6-4-8-17(19(15)18)20(2)3/h4-13H,1-3H3. The van der Waals surface area contributed by atoms with E-state index in [1.165, 1.54) is 5.56 Å². The number of fused-ring (bicyclic) bond motifs is 1. The van der Waals surface area contributed by atoms with Crippen molar-refractivity contribution in [3.8, 4) is 0 Å². The second-order valence-electron chi connectivity index (χ2n) is 5.61. The highest BCUT2D eigenvalue weighted by Gasteiger charge is 2.14. The van der Waals surface area contributed by atoms with Crippen molar-refractivity contribution in [2.24, 2.45) is 0 Å². The van der Waals surface area contributed by atoms with Crippen molar-refractivity contribution in [1.82, 2.24) is 0 Å². The molecule has 112 valence electrons. The van der Waals surface area contributed by atoms with E-state index in [4.69, 9.17) is 0 Å². The van der Waals surface area contributed by atoms with Gasteiger partial charge in [-0.1, -0.05) is 42.0 Å². The molecule has 0 aromatic heterocycles. The zero-order chi connectivity index (χ0) is 15.7. The second kappa shape index (κ2) is 5.93. The predicted octanol–water partition coefficient (Wildman–Crippen LogP) is 4.38. The van der Waals surface area contributed by atoms with Gasteiger partial charge in [-0.05, 0) is 36.6 Å². The second-order valence-corrected chi connectivity index (χ2v) is 7.06. The number of rotatable bonds is 3. The van der Waals surface area contributed by atoms with Crippen molar-refractivity contribution >= 4 is 27.3 Å². The first-order valence-electron chi connectivity index (χ1n) is 7.25. The third-order valence-corrected chi connectivity index (χ3v) is 5.20. The molecule has 0 saturated carbocycles. The molecular formula is C19H19NOS. The molecule has 0 saturated heterocycles. The van der Waals surface area contributed by atoms with Crippen LogP contribution in [0.2, 0.25) is 0 Å². The van der Waals surface area contributed by atoms with Gasteiger partial charge in [0.05, 0.1) is 15.7 Å². The van der Waals surface area contributed by atoms with Gasteiger partial charge in [0.25, 0.3) is 0 Å². The Balaban J connectivity index is 2.22. The van der Waals surface area contributed by atoms with Crippen LogP contribution in [-0.2, 0) is 10.8 Å². The molecule has 3 rings (SSSR count). The fourth-order valence-electron chi connectivity index (χ4n) is 2.60. The zero-order valence-electron chi connectivity index (χ0n) is 13.0. The van der Waals surface area contributed by atoms with Crippen molar-refractivity contribution in [1.29, 1.82) is 0 Å². The smallest absolute Gasteiger partial charge is 0.0856 e. The number of nitrogens with zero attached hydrogens (tertiary/aromatic N) is 1. The molecule has 0 aliphatic rings. The van der Waals surface area contributed by atoms with Gasteiger partial charge in [0.2, 0.25) is 0 Å². The van der Waals surface area contributed by atoms with Gasteiger partial charge in [-0.2, -0.15) is 0 Å². The molecule has 0 N–H and O–H groups in total. The summed E-state index contributed by atoms with van der Waals surface area (Å²) in [5.41, 5.74) is 2.27. The lowest BCUT2D eigenvalue weighted by Gasteiger charge is -2.17. The monoisotopic (exact) mass is 309 g/mol. The van der Waals surface area contributed by atoms with Crippen LogP contribution in [0.15, 0.2) is 70.5 Å². The van der Waals surface area contributed by atoms with Gasteiger partial charge in [-0.25, -0.2) is 4.21 Å². The molecule has 0 bridgehead atoms. The lowest BCUT2D eigenvalue weighted by molar-refractivity contribution is 0.683. The number of aryl methyl sites for hydroxylation is 1. The quantitative estimate of drug-likeness (QED) is 0.715. The Kier molecular flexibility index (Phi) is 3.99. The topological polar surface area (TPSA) is 20.3 Å². The maximum atomic E-state index is 13.0. The summed E-state index contributed by atoms with van der Waals surface area (Å²) in [5.74, 6) is 0. The van der Waals surface area contributed by atoms with Crippen LogP contribution in [0, 0.1) is 6.92 Å². The van der Waals surface area contributed by atoms with Crippen molar-refractivity contribution in [3.05, 3.63) is 66.2 Å². The van der Waals surface area contributed by atoms with E-state index in [0.717, 1.165) is 26.3 Å². The van der Waals surface area contributed by atoms with Crippen LogP contribution in [-0.4, -0.2) is 18.3 Å². The Labute approximate surface area is 133 Å². The summed E-state index contributed by atoms with van der Waals surface area (Å²) < 4.78 is 13.0. The highest BCUT2D eigenvalue weighted by atomic mass is 32.2. The van der Waals surface area contributed by atoms with Crippen LogP contribution in [0.1, 0.15) is 5.56 Å². The van der Waals surface area contributed by atoms with Crippen LogP contribution < -0.4 is 4.90 Å². The van der Waals surface area contributed by atoms with Crippen LogP contribution in [0.4, 0.5) is 5.69 Å². The van der Waals surface area contributed by atoms with E-state index in [-0.39, 0.29) is 0 Å². The summed E-state index contributed by atoms with van der Waals surface area (Å²) in [6.07, 6.45) is 0. The first kappa shape index (κ1) is 14.8. The predicted molar refractivity (Wildman–Crippen MR) is 94.1 cm³/mol. The van der Waals surface area contributed by atoms with Crippen molar-refractivity contribution < 1.29 is 4.21 Å². The number of hydrogen-bond acceptors (Lipinski definition) is 2. The summed E-state index contributed by atoms with van der Waals surface area (Å²) in [6, 6.07) is 20.1. The summed E-state index contributed by atoms with van der Waals surface area (Å²) >= 11 is 0. The van der Waals surface area contributed by atoms with E-state index in [1.54, 1.807) is 0 Å². The summed E-state index contributed by atoms with van der Waals surface area (Å²) in [4.78, 5) is 3.77. The highest BCUT2D eigenvalue weighted by Crippen LogP contribution is 2.32. The molecule has 2 nitrogen and oxygen atoms in total. The van der Waals surface area contributed by atoms with Crippen LogP contribution in [0.5, 0.6) is 0 Å². The third kappa shape index (κ3) is 2.64. The largest absolute Gasteiger partial charge is 0.377 e. The fourth-order valence-corrected chi connectivity index (χ4v) is 3.85. The number of benzene rings is 3. The van der Waals surface area contributed by atoms with Crippen molar-refractivity contribution in [3.63, 3.8) is 0 Å². The molecular weight excluding hydrogens is 290 g/mol. The average Bonchev–Trinajstić information content (AvgIpc) is 2.53. The van der Waals surface area contributed by atoms with Gasteiger partial charge in [-0.15, -0.1) is 0 Å². The molecule has 1 unspecified atom stereocenters. The van der Waals surface area contributed by atoms with E-state index in [0.29, 0.717) is 0 Å². The molecule has 0 fully saturated rings. The molecule has 3 aromatic carbocycles. The summed E-state index contributed by atoms with van der Waals surface area (Å²) in [7, 11) is 2.85. The molecule has 0 spiro atoms. The van der Waals surface area contributed by atoms with E-state index < -0.39 is 10.8 Å². The molecule has 3 aromatic rings. The van der Waals surface area contributed by atoms with Gasteiger partial charge < -0.3 is 4.90 Å². The zero-order valence-corrected chi connectivity index (χ0v) is 13.9. The maximum Gasteiger partial charge on any atom is 0.0856 e. The lowest BCUT2D eigenvalue weighted by atomic mass is 10.1. The minimum atomic E-state index is -1.18. The molecule has 22 heavy (non-hydrogen) atoms. The molecule has 0 heterocycles. The van der Waals surface area contributed by atoms with Gasteiger partial charge in [0.15, 0.2) is 0 Å². The number of hydrogen-bond donors (Lipinski definition) is 0. The average molecular weight is 309 g/mol. The third-order valence-electron chi connectivity index (χ3n) is 3.76. The maximum absolute atomic E-state index is 13.0. The molecule has 0 amide bonds. The Morgan fingerprint density at radius 1 is 0.864 bits per heavy atom.